The molecule has 0 aliphatic heterocycles. The van der Waals surface area contributed by atoms with Crippen LogP contribution in [-0.2, 0) is 4.79 Å². The van der Waals surface area contributed by atoms with Crippen LogP contribution in [0.4, 0.5) is 23.2 Å². The molecular formula is C25H19ClF4N2O3. The Hall–Kier alpha value is -3.46. The number of pyridine rings is 1. The summed E-state index contributed by atoms with van der Waals surface area (Å²) in [5, 5.41) is 11.4. The molecule has 1 aliphatic rings. The minimum Gasteiger partial charge on any atom is -0.478 e. The molecule has 2 N–H and O–H groups in total. The fourth-order valence-corrected chi connectivity index (χ4v) is 4.00. The van der Waals surface area contributed by atoms with Crippen LogP contribution in [0.2, 0.25) is 5.02 Å². The van der Waals surface area contributed by atoms with E-state index in [1.807, 2.05) is 0 Å². The van der Waals surface area contributed by atoms with E-state index in [4.69, 9.17) is 16.7 Å². The number of amides is 1. The zero-order valence-corrected chi connectivity index (χ0v) is 18.8. The van der Waals surface area contributed by atoms with Crippen LogP contribution >= 0.6 is 11.6 Å². The Morgan fingerprint density at radius 1 is 1.11 bits per heavy atom. The molecule has 1 saturated carbocycles. The molecule has 1 fully saturated rings. The summed E-state index contributed by atoms with van der Waals surface area (Å²) < 4.78 is 55.1. The second kappa shape index (κ2) is 10.0. The average molecular weight is 507 g/mol. The number of carboxylic acid groups (broad SMARTS) is 1. The third kappa shape index (κ3) is 5.45. The largest absolute Gasteiger partial charge is 0.478 e. The SMILES string of the molecule is O=C(O)c1ccc(NC(=O)C(CC2CC2F)c2ccc(-c3c(C(F)F)ccc(Cl)c3F)cn2)cc1. The van der Waals surface area contributed by atoms with Crippen molar-refractivity contribution < 1.29 is 32.3 Å². The molecule has 0 spiro atoms. The number of halogens is 5. The van der Waals surface area contributed by atoms with Gasteiger partial charge >= 0.3 is 5.97 Å². The van der Waals surface area contributed by atoms with Crippen LogP contribution in [0.5, 0.6) is 0 Å². The summed E-state index contributed by atoms with van der Waals surface area (Å²) in [6.45, 7) is 0. The highest BCUT2D eigenvalue weighted by Crippen LogP contribution is 2.42. The van der Waals surface area contributed by atoms with E-state index >= 15 is 0 Å². The second-order valence-corrected chi connectivity index (χ2v) is 8.68. The number of hydrogen-bond donors (Lipinski definition) is 2. The molecule has 1 aromatic heterocycles. The van der Waals surface area contributed by atoms with E-state index in [1.54, 1.807) is 0 Å². The number of alkyl halides is 3. The number of carboxylic acids is 1. The summed E-state index contributed by atoms with van der Waals surface area (Å²) in [6, 6.07) is 10.4. The Morgan fingerprint density at radius 2 is 1.80 bits per heavy atom. The quantitative estimate of drug-likeness (QED) is 0.335. The Bertz CT molecular complexity index is 1250. The molecule has 4 rings (SSSR count). The fraction of sp³-hybridized carbons (Fsp3) is 0.240. The van der Waals surface area contributed by atoms with E-state index in [0.717, 1.165) is 12.1 Å². The molecule has 35 heavy (non-hydrogen) atoms. The van der Waals surface area contributed by atoms with Crippen molar-refractivity contribution in [3.8, 4) is 11.1 Å². The molecule has 3 atom stereocenters. The van der Waals surface area contributed by atoms with E-state index in [0.29, 0.717) is 12.1 Å². The van der Waals surface area contributed by atoms with Gasteiger partial charge in [0.15, 0.2) is 0 Å². The standard InChI is InChI=1S/C25H19ClF4N2O3/c26-18-7-6-16(23(29)30)21(22(18)28)13-3-8-20(31-11-13)17(9-14-10-19(14)27)24(33)32-15-4-1-12(2-5-15)25(34)35/h1-8,11,14,17,19,23H,9-10H2,(H,32,33)(H,34,35). The van der Waals surface area contributed by atoms with Gasteiger partial charge in [-0.3, -0.25) is 9.78 Å². The van der Waals surface area contributed by atoms with Gasteiger partial charge in [-0.15, -0.1) is 0 Å². The topological polar surface area (TPSA) is 79.3 Å². The van der Waals surface area contributed by atoms with E-state index in [2.05, 4.69) is 10.3 Å². The van der Waals surface area contributed by atoms with Crippen LogP contribution < -0.4 is 5.32 Å². The molecule has 1 amide bonds. The van der Waals surface area contributed by atoms with Crippen molar-refractivity contribution in [3.63, 3.8) is 0 Å². The lowest BCUT2D eigenvalue weighted by Gasteiger charge is -2.17. The number of rotatable bonds is 8. The van der Waals surface area contributed by atoms with E-state index < -0.39 is 41.8 Å². The summed E-state index contributed by atoms with van der Waals surface area (Å²) in [7, 11) is 0. The number of carbonyl (C=O) groups is 2. The molecule has 1 aliphatic carbocycles. The predicted molar refractivity (Wildman–Crippen MR) is 122 cm³/mol. The van der Waals surface area contributed by atoms with Crippen LogP contribution in [0.15, 0.2) is 54.7 Å². The van der Waals surface area contributed by atoms with Crippen molar-refractivity contribution >= 4 is 29.2 Å². The second-order valence-electron chi connectivity index (χ2n) is 8.27. The van der Waals surface area contributed by atoms with E-state index in [9.17, 15) is 27.2 Å². The van der Waals surface area contributed by atoms with Crippen molar-refractivity contribution in [2.75, 3.05) is 5.32 Å². The molecule has 182 valence electrons. The fourth-order valence-electron chi connectivity index (χ4n) is 3.85. The molecule has 0 radical (unpaired) electrons. The summed E-state index contributed by atoms with van der Waals surface area (Å²) in [5.41, 5.74) is -0.213. The monoisotopic (exact) mass is 506 g/mol. The molecule has 0 bridgehead atoms. The maximum absolute atomic E-state index is 14.6. The molecule has 0 saturated heterocycles. The van der Waals surface area contributed by atoms with Crippen molar-refractivity contribution in [2.45, 2.75) is 31.4 Å². The van der Waals surface area contributed by atoms with Gasteiger partial charge in [0.25, 0.3) is 6.43 Å². The van der Waals surface area contributed by atoms with Gasteiger partial charge in [-0.05, 0) is 55.2 Å². The highest BCUT2D eigenvalue weighted by atomic mass is 35.5. The molecule has 5 nitrogen and oxygen atoms in total. The normalized spacial score (nSPS) is 17.8. The zero-order valence-electron chi connectivity index (χ0n) is 18.0. The van der Waals surface area contributed by atoms with Gasteiger partial charge in [-0.2, -0.15) is 0 Å². The lowest BCUT2D eigenvalue weighted by Crippen LogP contribution is -2.23. The summed E-state index contributed by atoms with van der Waals surface area (Å²) in [6.07, 6.45) is -2.30. The maximum atomic E-state index is 14.6. The zero-order chi connectivity index (χ0) is 25.3. The summed E-state index contributed by atoms with van der Waals surface area (Å²) in [5.74, 6) is -3.80. The number of benzene rings is 2. The Balaban J connectivity index is 1.61. The first kappa shape index (κ1) is 24.7. The number of carbonyl (C=O) groups excluding carboxylic acids is 1. The van der Waals surface area contributed by atoms with Gasteiger partial charge in [-0.1, -0.05) is 23.7 Å². The van der Waals surface area contributed by atoms with Crippen molar-refractivity contribution in [1.29, 1.82) is 0 Å². The lowest BCUT2D eigenvalue weighted by atomic mass is 9.94. The molecule has 10 heteroatoms. The highest BCUT2D eigenvalue weighted by molar-refractivity contribution is 6.31. The predicted octanol–water partition coefficient (Wildman–Crippen LogP) is 6.65. The van der Waals surface area contributed by atoms with Gasteiger partial charge in [0.05, 0.1) is 22.2 Å². The van der Waals surface area contributed by atoms with Crippen LogP contribution in [0, 0.1) is 11.7 Å². The Kier molecular flexibility index (Phi) is 7.07. The summed E-state index contributed by atoms with van der Waals surface area (Å²) in [4.78, 5) is 28.3. The maximum Gasteiger partial charge on any atom is 0.335 e. The molecule has 3 unspecified atom stereocenters. The van der Waals surface area contributed by atoms with Crippen molar-refractivity contribution in [1.82, 2.24) is 4.98 Å². The van der Waals surface area contributed by atoms with Gasteiger partial charge in [0.1, 0.15) is 12.0 Å². The van der Waals surface area contributed by atoms with Crippen molar-refractivity contribution in [2.24, 2.45) is 5.92 Å². The van der Waals surface area contributed by atoms with Gasteiger partial charge in [0, 0.05) is 28.6 Å². The number of nitrogens with zero attached hydrogens (tertiary/aromatic N) is 1. The van der Waals surface area contributed by atoms with Gasteiger partial charge in [-0.25, -0.2) is 22.4 Å². The van der Waals surface area contributed by atoms with Gasteiger partial charge < -0.3 is 10.4 Å². The summed E-state index contributed by atoms with van der Waals surface area (Å²) >= 11 is 5.78. The van der Waals surface area contributed by atoms with Crippen LogP contribution in [0.1, 0.15) is 46.8 Å². The first-order chi connectivity index (χ1) is 16.7. The van der Waals surface area contributed by atoms with Gasteiger partial charge in [0.2, 0.25) is 5.91 Å². The van der Waals surface area contributed by atoms with Crippen molar-refractivity contribution in [3.05, 3.63) is 82.4 Å². The third-order valence-electron chi connectivity index (χ3n) is 5.88. The smallest absolute Gasteiger partial charge is 0.335 e. The minimum absolute atomic E-state index is 0.0477. The first-order valence-corrected chi connectivity index (χ1v) is 11.0. The highest BCUT2D eigenvalue weighted by Gasteiger charge is 2.41. The number of anilines is 1. The Labute approximate surface area is 202 Å². The number of nitrogens with one attached hydrogen (secondary N) is 1. The van der Waals surface area contributed by atoms with E-state index in [1.165, 1.54) is 42.6 Å². The number of aromatic carboxylic acids is 1. The van der Waals surface area contributed by atoms with Crippen LogP contribution in [-0.4, -0.2) is 28.1 Å². The lowest BCUT2D eigenvalue weighted by molar-refractivity contribution is -0.117. The number of hydrogen-bond acceptors (Lipinski definition) is 3. The molecule has 1 heterocycles. The van der Waals surface area contributed by atoms with Crippen LogP contribution in [0.25, 0.3) is 11.1 Å². The molecule has 3 aromatic rings. The molecule has 2 aromatic carbocycles. The molecular weight excluding hydrogens is 488 g/mol. The van der Waals surface area contributed by atoms with E-state index in [-0.39, 0.29) is 39.7 Å². The van der Waals surface area contributed by atoms with Crippen LogP contribution in [0.3, 0.4) is 0 Å². The first-order valence-electron chi connectivity index (χ1n) is 10.7. The number of aromatic nitrogens is 1. The Morgan fingerprint density at radius 3 is 2.34 bits per heavy atom. The average Bonchev–Trinajstić information content (AvgIpc) is 3.54. The third-order valence-corrected chi connectivity index (χ3v) is 6.18. The minimum atomic E-state index is -2.95.